The Hall–Kier alpha value is -2.41. The molecular weight excluding hydrogens is 311 g/mol. The number of aromatic nitrogens is 2. The highest BCUT2D eigenvalue weighted by molar-refractivity contribution is 5.74. The number of rotatable bonds is 4. The Morgan fingerprint density at radius 2 is 2.21 bits per heavy atom. The second-order valence-electron chi connectivity index (χ2n) is 5.86. The van der Waals surface area contributed by atoms with Gasteiger partial charge in [-0.05, 0) is 29.7 Å². The first-order chi connectivity index (χ1) is 11.6. The summed E-state index contributed by atoms with van der Waals surface area (Å²) < 4.78 is 20.5. The van der Waals surface area contributed by atoms with Crippen molar-refractivity contribution in [2.75, 3.05) is 26.2 Å². The van der Waals surface area contributed by atoms with Gasteiger partial charge in [0.2, 0.25) is 0 Å². The van der Waals surface area contributed by atoms with E-state index in [1.807, 2.05) is 13.2 Å². The molecule has 0 spiro atoms. The van der Waals surface area contributed by atoms with Crippen LogP contribution in [0.5, 0.6) is 0 Å². The Balaban J connectivity index is 1.50. The number of urea groups is 1. The molecule has 7 heteroatoms. The van der Waals surface area contributed by atoms with Gasteiger partial charge in [-0.1, -0.05) is 12.1 Å². The molecule has 0 radical (unpaired) electrons. The average Bonchev–Trinajstić information content (AvgIpc) is 3.01. The van der Waals surface area contributed by atoms with Crippen LogP contribution in [0.3, 0.4) is 0 Å². The monoisotopic (exact) mass is 332 g/mol. The Morgan fingerprint density at radius 3 is 2.92 bits per heavy atom. The van der Waals surface area contributed by atoms with Crippen LogP contribution < -0.4 is 5.32 Å². The van der Waals surface area contributed by atoms with Gasteiger partial charge in [-0.3, -0.25) is 4.68 Å². The highest BCUT2D eigenvalue weighted by atomic mass is 19.1. The topological polar surface area (TPSA) is 59.4 Å². The van der Waals surface area contributed by atoms with Gasteiger partial charge in [-0.2, -0.15) is 5.10 Å². The third-order valence-corrected chi connectivity index (χ3v) is 4.04. The lowest BCUT2D eigenvalue weighted by atomic mass is 10.1. The van der Waals surface area contributed by atoms with Gasteiger partial charge in [0.25, 0.3) is 0 Å². The first-order valence-corrected chi connectivity index (χ1v) is 7.99. The van der Waals surface area contributed by atoms with Crippen molar-refractivity contribution in [2.45, 2.75) is 12.5 Å². The fourth-order valence-electron chi connectivity index (χ4n) is 2.74. The van der Waals surface area contributed by atoms with Crippen molar-refractivity contribution in [1.29, 1.82) is 0 Å². The van der Waals surface area contributed by atoms with Gasteiger partial charge < -0.3 is 15.0 Å². The van der Waals surface area contributed by atoms with Crippen LogP contribution in [0.4, 0.5) is 9.18 Å². The van der Waals surface area contributed by atoms with Crippen molar-refractivity contribution in [3.05, 3.63) is 53.6 Å². The molecule has 1 aromatic heterocycles. The summed E-state index contributed by atoms with van der Waals surface area (Å²) in [5.74, 6) is -0.278. The number of carbonyl (C=O) groups excluding carboxylic acids is 1. The molecule has 1 N–H and O–H groups in total. The van der Waals surface area contributed by atoms with E-state index in [4.69, 9.17) is 4.74 Å². The molecule has 1 atom stereocenters. The highest BCUT2D eigenvalue weighted by Gasteiger charge is 2.25. The van der Waals surface area contributed by atoms with E-state index in [0.717, 1.165) is 17.5 Å². The van der Waals surface area contributed by atoms with Crippen molar-refractivity contribution < 1.29 is 13.9 Å². The van der Waals surface area contributed by atoms with Crippen LogP contribution in [0, 0.1) is 5.82 Å². The lowest BCUT2D eigenvalue weighted by Gasteiger charge is -2.33. The Morgan fingerprint density at radius 1 is 1.42 bits per heavy atom. The first kappa shape index (κ1) is 16.4. The van der Waals surface area contributed by atoms with Gasteiger partial charge in [-0.15, -0.1) is 0 Å². The summed E-state index contributed by atoms with van der Waals surface area (Å²) in [6.45, 7) is 2.04. The quantitative estimate of drug-likeness (QED) is 0.930. The number of morpholine rings is 1. The van der Waals surface area contributed by atoms with Gasteiger partial charge in [0.15, 0.2) is 0 Å². The van der Waals surface area contributed by atoms with E-state index >= 15 is 0 Å². The number of carbonyl (C=O) groups is 1. The molecule has 1 aromatic carbocycles. The lowest BCUT2D eigenvalue weighted by Crippen LogP contribution is -2.47. The minimum absolute atomic E-state index is 0.102. The summed E-state index contributed by atoms with van der Waals surface area (Å²) >= 11 is 0. The van der Waals surface area contributed by atoms with E-state index in [1.54, 1.807) is 27.9 Å². The van der Waals surface area contributed by atoms with Crippen LogP contribution in [-0.4, -0.2) is 47.0 Å². The molecule has 6 nitrogen and oxygen atoms in total. The summed E-state index contributed by atoms with van der Waals surface area (Å²) in [6.07, 6.45) is 4.26. The first-order valence-electron chi connectivity index (χ1n) is 7.99. The summed E-state index contributed by atoms with van der Waals surface area (Å²) in [5.41, 5.74) is 1.97. The van der Waals surface area contributed by atoms with Crippen molar-refractivity contribution >= 4 is 6.03 Å². The van der Waals surface area contributed by atoms with Crippen molar-refractivity contribution in [3.8, 4) is 0 Å². The van der Waals surface area contributed by atoms with E-state index < -0.39 is 0 Å². The zero-order valence-electron chi connectivity index (χ0n) is 13.6. The average molecular weight is 332 g/mol. The molecule has 1 saturated heterocycles. The summed E-state index contributed by atoms with van der Waals surface area (Å²) in [7, 11) is 1.87. The van der Waals surface area contributed by atoms with Crippen LogP contribution in [0.1, 0.15) is 17.2 Å². The predicted molar refractivity (Wildman–Crippen MR) is 87.0 cm³/mol. The fraction of sp³-hybridized carbons (Fsp3) is 0.412. The second-order valence-corrected chi connectivity index (χ2v) is 5.86. The van der Waals surface area contributed by atoms with Crippen LogP contribution >= 0.6 is 0 Å². The maximum absolute atomic E-state index is 13.0. The molecule has 2 heterocycles. The number of amides is 2. The summed E-state index contributed by atoms with van der Waals surface area (Å²) in [6, 6.07) is 6.11. The SMILES string of the molecule is Cn1cc(CCNC(=O)N2CCOC(c3ccc(F)cc3)C2)cn1. The molecule has 3 rings (SSSR count). The lowest BCUT2D eigenvalue weighted by molar-refractivity contribution is -0.0154. The third kappa shape index (κ3) is 4.11. The number of nitrogens with one attached hydrogen (secondary N) is 1. The number of aryl methyl sites for hydroxylation is 1. The zero-order valence-corrected chi connectivity index (χ0v) is 13.6. The number of ether oxygens (including phenoxy) is 1. The van der Waals surface area contributed by atoms with Gasteiger partial charge in [0, 0.05) is 26.3 Å². The van der Waals surface area contributed by atoms with Gasteiger partial charge in [0.05, 0.1) is 19.3 Å². The Bertz CT molecular complexity index is 686. The summed E-state index contributed by atoms with van der Waals surface area (Å²) in [5, 5.41) is 7.03. The second kappa shape index (κ2) is 7.44. The van der Waals surface area contributed by atoms with E-state index in [-0.39, 0.29) is 18.0 Å². The molecular formula is C17H21FN4O2. The molecule has 2 amide bonds. The number of halogens is 1. The van der Waals surface area contributed by atoms with Gasteiger partial charge in [-0.25, -0.2) is 9.18 Å². The molecule has 24 heavy (non-hydrogen) atoms. The molecule has 2 aromatic rings. The van der Waals surface area contributed by atoms with Crippen molar-refractivity contribution in [1.82, 2.24) is 20.0 Å². The van der Waals surface area contributed by atoms with Crippen molar-refractivity contribution in [2.24, 2.45) is 7.05 Å². The smallest absolute Gasteiger partial charge is 0.317 e. The van der Waals surface area contributed by atoms with E-state index in [1.165, 1.54) is 12.1 Å². The van der Waals surface area contributed by atoms with Crippen LogP contribution in [0.25, 0.3) is 0 Å². The minimum atomic E-state index is -0.278. The Kier molecular flexibility index (Phi) is 5.10. The third-order valence-electron chi connectivity index (χ3n) is 4.04. The maximum atomic E-state index is 13.0. The van der Waals surface area contributed by atoms with Crippen LogP contribution in [0.2, 0.25) is 0 Å². The normalized spacial score (nSPS) is 17.8. The number of hydrogen-bond acceptors (Lipinski definition) is 3. The number of hydrogen-bond donors (Lipinski definition) is 1. The van der Waals surface area contributed by atoms with Crippen LogP contribution in [0.15, 0.2) is 36.7 Å². The molecule has 0 bridgehead atoms. The maximum Gasteiger partial charge on any atom is 0.317 e. The minimum Gasteiger partial charge on any atom is -0.370 e. The van der Waals surface area contributed by atoms with Gasteiger partial charge >= 0.3 is 6.03 Å². The molecule has 1 unspecified atom stereocenters. The number of benzene rings is 1. The summed E-state index contributed by atoms with van der Waals surface area (Å²) in [4.78, 5) is 14.0. The molecule has 1 aliphatic heterocycles. The van der Waals surface area contributed by atoms with E-state index in [2.05, 4.69) is 10.4 Å². The van der Waals surface area contributed by atoms with Crippen molar-refractivity contribution in [3.63, 3.8) is 0 Å². The fourth-order valence-corrected chi connectivity index (χ4v) is 2.74. The molecule has 0 saturated carbocycles. The molecule has 1 aliphatic rings. The highest BCUT2D eigenvalue weighted by Crippen LogP contribution is 2.22. The van der Waals surface area contributed by atoms with Gasteiger partial charge in [0.1, 0.15) is 11.9 Å². The largest absolute Gasteiger partial charge is 0.370 e. The predicted octanol–water partition coefficient (Wildman–Crippen LogP) is 1.88. The zero-order chi connectivity index (χ0) is 16.9. The molecule has 1 fully saturated rings. The Labute approximate surface area is 140 Å². The standard InChI is InChI=1S/C17H21FN4O2/c1-21-11-13(10-20-21)6-7-19-17(23)22-8-9-24-16(12-22)14-2-4-15(18)5-3-14/h2-5,10-11,16H,6-9,12H2,1H3,(H,19,23). The molecule has 0 aliphatic carbocycles. The van der Waals surface area contributed by atoms with E-state index in [9.17, 15) is 9.18 Å². The van der Waals surface area contributed by atoms with E-state index in [0.29, 0.717) is 26.2 Å². The van der Waals surface area contributed by atoms with Crippen LogP contribution in [-0.2, 0) is 18.2 Å². The number of nitrogens with zero attached hydrogens (tertiary/aromatic N) is 3. The molecule has 128 valence electrons.